The van der Waals surface area contributed by atoms with Gasteiger partial charge >= 0.3 is 0 Å². The van der Waals surface area contributed by atoms with Crippen LogP contribution in [0.3, 0.4) is 0 Å². The van der Waals surface area contributed by atoms with E-state index in [2.05, 4.69) is 27.0 Å². The number of anilines is 1. The van der Waals surface area contributed by atoms with Crippen LogP contribution in [0.5, 0.6) is 5.75 Å². The van der Waals surface area contributed by atoms with Crippen LogP contribution < -0.4 is 10.5 Å². The topological polar surface area (TPSA) is 71.9 Å². The van der Waals surface area contributed by atoms with Crippen LogP contribution in [0.25, 0.3) is 11.1 Å². The largest absolute Gasteiger partial charge is 0.493 e. The van der Waals surface area contributed by atoms with Gasteiger partial charge in [0, 0.05) is 21.3 Å². The third kappa shape index (κ3) is 3.64. The monoisotopic (exact) mass is 399 g/mol. The molecule has 3 rings (SSSR count). The van der Waals surface area contributed by atoms with Gasteiger partial charge in [0.05, 0.1) is 6.61 Å². The molecule has 4 nitrogen and oxygen atoms in total. The molecule has 1 aromatic heterocycles. The van der Waals surface area contributed by atoms with Crippen molar-refractivity contribution in [2.45, 2.75) is 45.4 Å². The van der Waals surface area contributed by atoms with E-state index in [-0.39, 0.29) is 0 Å². The molecule has 1 aliphatic carbocycles. The van der Waals surface area contributed by atoms with Gasteiger partial charge in [-0.3, -0.25) is 0 Å². The predicted octanol–water partition coefficient (Wildman–Crippen LogP) is 5.02. The Bertz CT molecular complexity index is 827. The zero-order chi connectivity index (χ0) is 17.8. The first-order valence-corrected chi connectivity index (χ1v) is 9.59. The molecule has 0 unspecified atom stereocenters. The fourth-order valence-corrected chi connectivity index (χ4v) is 3.87. The molecule has 0 aliphatic heterocycles. The van der Waals surface area contributed by atoms with E-state index >= 15 is 0 Å². The van der Waals surface area contributed by atoms with Gasteiger partial charge in [0.25, 0.3) is 0 Å². The quantitative estimate of drug-likeness (QED) is 0.785. The minimum Gasteiger partial charge on any atom is -0.493 e. The van der Waals surface area contributed by atoms with E-state index in [9.17, 15) is 5.26 Å². The second-order valence-corrected chi connectivity index (χ2v) is 7.19. The van der Waals surface area contributed by atoms with Crippen molar-refractivity contribution in [3.63, 3.8) is 0 Å². The average Bonchev–Trinajstić information content (AvgIpc) is 2.57. The highest BCUT2D eigenvalue weighted by Crippen LogP contribution is 2.40. The summed E-state index contributed by atoms with van der Waals surface area (Å²) in [5.74, 6) is 1.09. The highest BCUT2D eigenvalue weighted by Gasteiger charge is 2.23. The van der Waals surface area contributed by atoms with E-state index < -0.39 is 0 Å². The zero-order valence-electron chi connectivity index (χ0n) is 14.4. The number of nitriles is 1. The van der Waals surface area contributed by atoms with Crippen molar-refractivity contribution >= 4 is 21.7 Å². The SMILES string of the molecule is CCOc1ccc(Br)cc1-c1c(C#N)c(N)nc2c1CCCCCC2. The lowest BCUT2D eigenvalue weighted by atomic mass is 9.87. The molecule has 1 aliphatic rings. The van der Waals surface area contributed by atoms with Crippen molar-refractivity contribution in [3.05, 3.63) is 39.5 Å². The second kappa shape index (κ2) is 7.88. The number of nitrogens with two attached hydrogens (primary N) is 1. The third-order valence-corrected chi connectivity index (χ3v) is 5.12. The van der Waals surface area contributed by atoms with Gasteiger partial charge in [-0.25, -0.2) is 4.98 Å². The lowest BCUT2D eigenvalue weighted by Crippen LogP contribution is -2.10. The maximum atomic E-state index is 9.76. The predicted molar refractivity (Wildman–Crippen MR) is 104 cm³/mol. The van der Waals surface area contributed by atoms with Crippen molar-refractivity contribution in [2.75, 3.05) is 12.3 Å². The minimum atomic E-state index is 0.319. The van der Waals surface area contributed by atoms with Gasteiger partial charge in [-0.05, 0) is 56.4 Å². The number of aryl methyl sites for hydroxylation is 1. The summed E-state index contributed by atoms with van der Waals surface area (Å²) in [6, 6.07) is 8.19. The molecular formula is C20H22BrN3O. The van der Waals surface area contributed by atoms with Gasteiger partial charge in [0.2, 0.25) is 0 Å². The fraction of sp³-hybridized carbons (Fsp3) is 0.400. The number of fused-ring (bicyclic) bond motifs is 1. The van der Waals surface area contributed by atoms with Crippen LogP contribution in [0.15, 0.2) is 22.7 Å². The smallest absolute Gasteiger partial charge is 0.142 e. The molecule has 2 N–H and O–H groups in total. The van der Waals surface area contributed by atoms with E-state index in [0.29, 0.717) is 18.0 Å². The number of benzene rings is 1. The lowest BCUT2D eigenvalue weighted by molar-refractivity contribution is 0.341. The molecule has 0 saturated heterocycles. The van der Waals surface area contributed by atoms with Crippen LogP contribution in [0.1, 0.15) is 49.4 Å². The Kier molecular flexibility index (Phi) is 5.60. The first kappa shape index (κ1) is 17.8. The van der Waals surface area contributed by atoms with Gasteiger partial charge in [-0.15, -0.1) is 0 Å². The zero-order valence-corrected chi connectivity index (χ0v) is 16.0. The molecule has 2 aromatic rings. The van der Waals surface area contributed by atoms with Gasteiger partial charge in [-0.2, -0.15) is 5.26 Å². The summed E-state index contributed by atoms with van der Waals surface area (Å²) in [6.07, 6.45) is 6.48. The number of ether oxygens (including phenoxy) is 1. The molecule has 0 saturated carbocycles. The number of aromatic nitrogens is 1. The van der Waals surface area contributed by atoms with E-state index in [1.165, 1.54) is 12.8 Å². The van der Waals surface area contributed by atoms with Crippen molar-refractivity contribution in [1.82, 2.24) is 4.98 Å². The van der Waals surface area contributed by atoms with Crippen LogP contribution in [0, 0.1) is 11.3 Å². The standard InChI is InChI=1S/C20H22BrN3O/c1-2-25-18-10-9-13(21)11-15(18)19-14-7-5-3-4-6-8-17(14)24-20(23)16(19)12-22/h9-11H,2-8H2,1H3,(H2,23,24). The summed E-state index contributed by atoms with van der Waals surface area (Å²) in [5.41, 5.74) is 10.6. The molecule has 0 spiro atoms. The number of nitrogen functional groups attached to an aromatic ring is 1. The summed E-state index contributed by atoms with van der Waals surface area (Å²) in [5, 5.41) is 9.76. The van der Waals surface area contributed by atoms with E-state index in [1.54, 1.807) is 0 Å². The Morgan fingerprint density at radius 2 is 2.00 bits per heavy atom. The lowest BCUT2D eigenvalue weighted by Gasteiger charge is -2.21. The molecule has 0 radical (unpaired) electrons. The van der Waals surface area contributed by atoms with E-state index in [1.807, 2.05) is 25.1 Å². The normalized spacial score (nSPS) is 14.1. The Morgan fingerprint density at radius 1 is 1.24 bits per heavy atom. The summed E-state index contributed by atoms with van der Waals surface area (Å²) >= 11 is 3.55. The summed E-state index contributed by atoms with van der Waals surface area (Å²) in [6.45, 7) is 2.53. The molecule has 1 aromatic carbocycles. The number of hydrogen-bond donors (Lipinski definition) is 1. The van der Waals surface area contributed by atoms with Crippen LogP contribution >= 0.6 is 15.9 Å². The second-order valence-electron chi connectivity index (χ2n) is 6.27. The summed E-state index contributed by atoms with van der Waals surface area (Å²) in [7, 11) is 0. The molecule has 0 bridgehead atoms. The van der Waals surface area contributed by atoms with Crippen molar-refractivity contribution in [3.8, 4) is 22.9 Å². The first-order valence-electron chi connectivity index (χ1n) is 8.79. The molecule has 0 amide bonds. The number of pyridine rings is 1. The Balaban J connectivity index is 2.31. The molecule has 5 heteroatoms. The Labute approximate surface area is 157 Å². The van der Waals surface area contributed by atoms with Gasteiger partial charge < -0.3 is 10.5 Å². The highest BCUT2D eigenvalue weighted by molar-refractivity contribution is 9.10. The minimum absolute atomic E-state index is 0.319. The Hall–Kier alpha value is -2.06. The molecule has 0 atom stereocenters. The molecular weight excluding hydrogens is 378 g/mol. The fourth-order valence-electron chi connectivity index (χ4n) is 3.51. The molecule has 25 heavy (non-hydrogen) atoms. The molecule has 0 fully saturated rings. The van der Waals surface area contributed by atoms with E-state index in [0.717, 1.165) is 58.3 Å². The maximum Gasteiger partial charge on any atom is 0.142 e. The first-order chi connectivity index (χ1) is 12.2. The number of nitrogens with zero attached hydrogens (tertiary/aromatic N) is 2. The van der Waals surface area contributed by atoms with Crippen LogP contribution in [0.2, 0.25) is 0 Å². The highest BCUT2D eigenvalue weighted by atomic mass is 79.9. The van der Waals surface area contributed by atoms with Crippen LogP contribution in [-0.2, 0) is 12.8 Å². The van der Waals surface area contributed by atoms with Gasteiger partial charge in [0.1, 0.15) is 23.2 Å². The molecule has 1 heterocycles. The van der Waals surface area contributed by atoms with Crippen LogP contribution in [0.4, 0.5) is 5.82 Å². The summed E-state index contributed by atoms with van der Waals surface area (Å²) < 4.78 is 6.79. The third-order valence-electron chi connectivity index (χ3n) is 4.62. The molecule has 130 valence electrons. The van der Waals surface area contributed by atoms with Gasteiger partial charge in [-0.1, -0.05) is 28.8 Å². The number of rotatable bonds is 3. The van der Waals surface area contributed by atoms with Gasteiger partial charge in [0.15, 0.2) is 0 Å². The van der Waals surface area contributed by atoms with Crippen molar-refractivity contribution in [2.24, 2.45) is 0 Å². The summed E-state index contributed by atoms with van der Waals surface area (Å²) in [4.78, 5) is 4.57. The maximum absolute atomic E-state index is 9.76. The van der Waals surface area contributed by atoms with Crippen LogP contribution in [-0.4, -0.2) is 11.6 Å². The van der Waals surface area contributed by atoms with Crippen molar-refractivity contribution in [1.29, 1.82) is 5.26 Å². The number of hydrogen-bond acceptors (Lipinski definition) is 4. The Morgan fingerprint density at radius 3 is 2.72 bits per heavy atom. The number of halogens is 1. The average molecular weight is 400 g/mol. The van der Waals surface area contributed by atoms with Crippen molar-refractivity contribution < 1.29 is 4.74 Å². The van der Waals surface area contributed by atoms with E-state index in [4.69, 9.17) is 10.5 Å².